The number of rotatable bonds is 3. The zero-order valence-corrected chi connectivity index (χ0v) is 14.1. The number of ether oxygens (including phenoxy) is 1. The summed E-state index contributed by atoms with van der Waals surface area (Å²) in [4.78, 5) is 26.8. The number of nitrogens with zero attached hydrogens (tertiary/aromatic N) is 2. The third-order valence-corrected chi connectivity index (χ3v) is 4.78. The number of carbonyl (C=O) groups excluding carboxylic acids is 2. The molecular formula is C20H18N2O3. The first-order valence-corrected chi connectivity index (χ1v) is 8.15. The Hall–Kier alpha value is -3.08. The molecule has 0 radical (unpaired) electrons. The zero-order valence-electron chi connectivity index (χ0n) is 14.1. The minimum Gasteiger partial charge on any atom is -0.497 e. The predicted molar refractivity (Wildman–Crippen MR) is 95.8 cm³/mol. The SMILES string of the molecule is COc1ccc(N2C(=O)C[C@@H](c3cn(C)c4ccccc34)C2=O)cc1. The van der Waals surface area contributed by atoms with Crippen molar-refractivity contribution in [2.24, 2.45) is 7.05 Å². The number of hydrogen-bond acceptors (Lipinski definition) is 3. The van der Waals surface area contributed by atoms with Crippen LogP contribution in [0.4, 0.5) is 5.69 Å². The highest BCUT2D eigenvalue weighted by molar-refractivity contribution is 6.23. The summed E-state index contributed by atoms with van der Waals surface area (Å²) >= 11 is 0. The molecule has 25 heavy (non-hydrogen) atoms. The van der Waals surface area contributed by atoms with Gasteiger partial charge in [0.15, 0.2) is 0 Å². The van der Waals surface area contributed by atoms with E-state index in [1.807, 2.05) is 42.1 Å². The lowest BCUT2D eigenvalue weighted by atomic mass is 9.97. The first-order chi connectivity index (χ1) is 12.1. The molecule has 0 unspecified atom stereocenters. The molecule has 0 saturated carbocycles. The fourth-order valence-electron chi connectivity index (χ4n) is 3.53. The zero-order chi connectivity index (χ0) is 17.6. The molecule has 5 heteroatoms. The molecule has 2 amide bonds. The van der Waals surface area contributed by atoms with Crippen molar-refractivity contribution >= 4 is 28.4 Å². The van der Waals surface area contributed by atoms with Crippen molar-refractivity contribution in [2.45, 2.75) is 12.3 Å². The van der Waals surface area contributed by atoms with Crippen molar-refractivity contribution < 1.29 is 14.3 Å². The highest BCUT2D eigenvalue weighted by Gasteiger charge is 2.41. The number of aromatic nitrogens is 1. The maximum Gasteiger partial charge on any atom is 0.241 e. The van der Waals surface area contributed by atoms with Gasteiger partial charge in [-0.05, 0) is 35.9 Å². The summed E-state index contributed by atoms with van der Waals surface area (Å²) < 4.78 is 7.13. The quantitative estimate of drug-likeness (QED) is 0.691. The van der Waals surface area contributed by atoms with Gasteiger partial charge in [0.05, 0.1) is 18.7 Å². The van der Waals surface area contributed by atoms with Crippen molar-refractivity contribution in [1.29, 1.82) is 0 Å². The fourth-order valence-corrected chi connectivity index (χ4v) is 3.53. The van der Waals surface area contributed by atoms with Crippen molar-refractivity contribution in [2.75, 3.05) is 12.0 Å². The van der Waals surface area contributed by atoms with Gasteiger partial charge in [-0.1, -0.05) is 18.2 Å². The second-order valence-electron chi connectivity index (χ2n) is 6.23. The minimum absolute atomic E-state index is 0.173. The second kappa shape index (κ2) is 5.77. The van der Waals surface area contributed by atoms with Crippen LogP contribution in [0.1, 0.15) is 17.9 Å². The van der Waals surface area contributed by atoms with E-state index in [9.17, 15) is 9.59 Å². The number of fused-ring (bicyclic) bond motifs is 1. The highest BCUT2D eigenvalue weighted by Crippen LogP contribution is 2.37. The predicted octanol–water partition coefficient (Wildman–Crippen LogP) is 3.23. The summed E-state index contributed by atoms with van der Waals surface area (Å²) in [7, 11) is 3.53. The molecule has 1 atom stereocenters. The maximum atomic E-state index is 13.0. The van der Waals surface area contributed by atoms with Crippen LogP contribution >= 0.6 is 0 Å². The lowest BCUT2D eigenvalue weighted by molar-refractivity contribution is -0.121. The number of aryl methyl sites for hydroxylation is 1. The Balaban J connectivity index is 1.73. The average Bonchev–Trinajstić information content (AvgIpc) is 3.12. The number of amides is 2. The van der Waals surface area contributed by atoms with E-state index in [0.29, 0.717) is 11.4 Å². The normalized spacial score (nSPS) is 17.5. The van der Waals surface area contributed by atoms with E-state index < -0.39 is 5.92 Å². The van der Waals surface area contributed by atoms with Crippen molar-refractivity contribution in [1.82, 2.24) is 4.57 Å². The molecule has 126 valence electrons. The first kappa shape index (κ1) is 15.4. The standard InChI is InChI=1S/C20H18N2O3/c1-21-12-17(15-5-3-4-6-18(15)21)16-11-19(23)22(20(16)24)13-7-9-14(25-2)10-8-13/h3-10,12,16H,11H2,1-2H3/t16-/m0/s1. The number of para-hydroxylation sites is 1. The molecule has 0 spiro atoms. The van der Waals surface area contributed by atoms with E-state index in [2.05, 4.69) is 0 Å². The third-order valence-electron chi connectivity index (χ3n) is 4.78. The van der Waals surface area contributed by atoms with Crippen LogP contribution in [-0.2, 0) is 16.6 Å². The van der Waals surface area contributed by atoms with Crippen LogP contribution in [0.15, 0.2) is 54.7 Å². The molecule has 0 bridgehead atoms. The van der Waals surface area contributed by atoms with Gasteiger partial charge in [0.1, 0.15) is 5.75 Å². The second-order valence-corrected chi connectivity index (χ2v) is 6.23. The number of benzene rings is 2. The maximum absolute atomic E-state index is 13.0. The molecule has 3 aromatic rings. The molecule has 1 aromatic heterocycles. The molecule has 2 heterocycles. The number of carbonyl (C=O) groups is 2. The van der Waals surface area contributed by atoms with Gasteiger partial charge in [0, 0.05) is 30.6 Å². The molecule has 5 nitrogen and oxygen atoms in total. The Morgan fingerprint density at radius 2 is 1.76 bits per heavy atom. The Morgan fingerprint density at radius 1 is 1.04 bits per heavy atom. The van der Waals surface area contributed by atoms with E-state index in [1.54, 1.807) is 31.4 Å². The highest BCUT2D eigenvalue weighted by atomic mass is 16.5. The topological polar surface area (TPSA) is 51.5 Å². The molecule has 4 rings (SSSR count). The van der Waals surface area contributed by atoms with E-state index in [4.69, 9.17) is 4.74 Å². The van der Waals surface area contributed by atoms with Gasteiger partial charge >= 0.3 is 0 Å². The Bertz CT molecular complexity index is 972. The van der Waals surface area contributed by atoms with Gasteiger partial charge in [-0.2, -0.15) is 0 Å². The van der Waals surface area contributed by atoms with Gasteiger partial charge in [-0.3, -0.25) is 14.5 Å². The average molecular weight is 334 g/mol. The summed E-state index contributed by atoms with van der Waals surface area (Å²) in [6.07, 6.45) is 2.15. The van der Waals surface area contributed by atoms with E-state index in [1.165, 1.54) is 4.90 Å². The number of imide groups is 1. The Kier molecular flexibility index (Phi) is 3.57. The smallest absolute Gasteiger partial charge is 0.241 e. The van der Waals surface area contributed by atoms with Crippen molar-refractivity contribution in [3.8, 4) is 5.75 Å². The minimum atomic E-state index is -0.444. The summed E-state index contributed by atoms with van der Waals surface area (Å²) in [6.45, 7) is 0. The summed E-state index contributed by atoms with van der Waals surface area (Å²) in [5.74, 6) is -0.103. The monoisotopic (exact) mass is 334 g/mol. The molecular weight excluding hydrogens is 316 g/mol. The lowest BCUT2D eigenvalue weighted by Crippen LogP contribution is -2.29. The molecule has 1 fully saturated rings. The van der Waals surface area contributed by atoms with Crippen LogP contribution in [-0.4, -0.2) is 23.5 Å². The van der Waals surface area contributed by atoms with Crippen LogP contribution in [0.3, 0.4) is 0 Å². The van der Waals surface area contributed by atoms with Crippen LogP contribution in [0.5, 0.6) is 5.75 Å². The fraction of sp³-hybridized carbons (Fsp3) is 0.200. The van der Waals surface area contributed by atoms with Crippen LogP contribution in [0, 0.1) is 0 Å². The van der Waals surface area contributed by atoms with Gasteiger partial charge in [0.25, 0.3) is 0 Å². The molecule has 2 aromatic carbocycles. The molecule has 0 N–H and O–H groups in total. The molecule has 1 saturated heterocycles. The van der Waals surface area contributed by atoms with E-state index >= 15 is 0 Å². The Labute approximate surface area is 145 Å². The summed E-state index contributed by atoms with van der Waals surface area (Å²) in [6, 6.07) is 14.9. The van der Waals surface area contributed by atoms with Gasteiger partial charge in [-0.15, -0.1) is 0 Å². The summed E-state index contributed by atoms with van der Waals surface area (Å²) in [5.41, 5.74) is 2.55. The van der Waals surface area contributed by atoms with Crippen LogP contribution in [0.2, 0.25) is 0 Å². The molecule has 0 aliphatic carbocycles. The van der Waals surface area contributed by atoms with Crippen molar-refractivity contribution in [3.05, 3.63) is 60.3 Å². The number of hydrogen-bond donors (Lipinski definition) is 0. The van der Waals surface area contributed by atoms with Crippen molar-refractivity contribution in [3.63, 3.8) is 0 Å². The lowest BCUT2D eigenvalue weighted by Gasteiger charge is -2.15. The van der Waals surface area contributed by atoms with Gasteiger partial charge < -0.3 is 9.30 Å². The van der Waals surface area contributed by atoms with E-state index in [0.717, 1.165) is 16.5 Å². The van der Waals surface area contributed by atoms with Gasteiger partial charge in [-0.25, -0.2) is 0 Å². The first-order valence-electron chi connectivity index (χ1n) is 8.15. The molecule has 1 aliphatic heterocycles. The Morgan fingerprint density at radius 3 is 2.48 bits per heavy atom. The largest absolute Gasteiger partial charge is 0.497 e. The summed E-state index contributed by atoms with van der Waals surface area (Å²) in [5, 5.41) is 1.02. The molecule has 1 aliphatic rings. The van der Waals surface area contributed by atoms with E-state index in [-0.39, 0.29) is 18.2 Å². The van der Waals surface area contributed by atoms with Crippen LogP contribution in [0.25, 0.3) is 10.9 Å². The number of methoxy groups -OCH3 is 1. The third kappa shape index (κ3) is 2.39. The van der Waals surface area contributed by atoms with Gasteiger partial charge in [0.2, 0.25) is 11.8 Å². The van der Waals surface area contributed by atoms with Crippen LogP contribution < -0.4 is 9.64 Å². The number of anilines is 1.